The predicted molar refractivity (Wildman–Crippen MR) is 71.6 cm³/mol. The van der Waals surface area contributed by atoms with E-state index in [4.69, 9.17) is 5.73 Å². The Morgan fingerprint density at radius 2 is 2.00 bits per heavy atom. The van der Waals surface area contributed by atoms with Gasteiger partial charge in [0.25, 0.3) is 0 Å². The molecule has 0 aliphatic rings. The number of benzene rings is 1. The third-order valence-electron chi connectivity index (χ3n) is 2.95. The van der Waals surface area contributed by atoms with Gasteiger partial charge in [0.2, 0.25) is 0 Å². The Labute approximate surface area is 111 Å². The Bertz CT molecular complexity index is 603. The Morgan fingerprint density at radius 3 is 2.63 bits per heavy atom. The van der Waals surface area contributed by atoms with Gasteiger partial charge in [0.1, 0.15) is 17.3 Å². The van der Waals surface area contributed by atoms with Gasteiger partial charge in [-0.1, -0.05) is 19.9 Å². The van der Waals surface area contributed by atoms with Crippen molar-refractivity contribution in [2.45, 2.75) is 27.3 Å². The summed E-state index contributed by atoms with van der Waals surface area (Å²) < 4.78 is 28.9. The van der Waals surface area contributed by atoms with E-state index < -0.39 is 11.6 Å². The number of rotatable bonds is 3. The van der Waals surface area contributed by atoms with E-state index in [0.29, 0.717) is 29.8 Å². The average Bonchev–Trinajstić information content (AvgIpc) is 2.60. The highest BCUT2D eigenvalue weighted by molar-refractivity contribution is 5.71. The van der Waals surface area contributed by atoms with Gasteiger partial charge in [-0.05, 0) is 25.0 Å². The zero-order valence-corrected chi connectivity index (χ0v) is 11.2. The largest absolute Gasteiger partial charge is 0.383 e. The number of nitrogens with two attached hydrogens (primary N) is 1. The number of nitrogens with zero attached hydrogens (tertiary/aromatic N) is 2. The highest BCUT2D eigenvalue weighted by Crippen LogP contribution is 2.29. The van der Waals surface area contributed by atoms with E-state index >= 15 is 0 Å². The van der Waals surface area contributed by atoms with Crippen molar-refractivity contribution in [1.82, 2.24) is 9.55 Å². The molecule has 0 spiro atoms. The van der Waals surface area contributed by atoms with Crippen LogP contribution in [0.25, 0.3) is 11.3 Å². The second kappa shape index (κ2) is 4.99. The minimum atomic E-state index is -0.914. The average molecular weight is 265 g/mol. The molecule has 0 bridgehead atoms. The lowest BCUT2D eigenvalue weighted by Gasteiger charge is -2.10. The first-order valence-corrected chi connectivity index (χ1v) is 6.18. The summed E-state index contributed by atoms with van der Waals surface area (Å²) >= 11 is 0. The molecule has 3 nitrogen and oxygen atoms in total. The quantitative estimate of drug-likeness (QED) is 0.924. The van der Waals surface area contributed by atoms with Gasteiger partial charge >= 0.3 is 0 Å². The molecule has 0 amide bonds. The van der Waals surface area contributed by atoms with Crippen molar-refractivity contribution in [1.29, 1.82) is 0 Å². The fourth-order valence-corrected chi connectivity index (χ4v) is 2.06. The van der Waals surface area contributed by atoms with Gasteiger partial charge < -0.3 is 10.3 Å². The van der Waals surface area contributed by atoms with Crippen LogP contribution in [-0.2, 0) is 6.54 Å². The third kappa shape index (κ3) is 2.45. The van der Waals surface area contributed by atoms with Crippen molar-refractivity contribution in [2.24, 2.45) is 5.92 Å². The van der Waals surface area contributed by atoms with Crippen LogP contribution >= 0.6 is 0 Å². The van der Waals surface area contributed by atoms with E-state index in [9.17, 15) is 8.78 Å². The number of hydrogen-bond donors (Lipinski definition) is 1. The Hall–Kier alpha value is -1.91. The van der Waals surface area contributed by atoms with E-state index in [2.05, 4.69) is 18.8 Å². The molecule has 1 heterocycles. The molecule has 0 aliphatic heterocycles. The molecule has 102 valence electrons. The summed E-state index contributed by atoms with van der Waals surface area (Å²) in [5.74, 6) is -0.350. The fraction of sp³-hybridized carbons (Fsp3) is 0.357. The first-order chi connectivity index (χ1) is 8.91. The van der Waals surface area contributed by atoms with Crippen LogP contribution in [0.2, 0.25) is 0 Å². The molecular weight excluding hydrogens is 248 g/mol. The summed E-state index contributed by atoms with van der Waals surface area (Å²) in [5, 5.41) is 0. The molecule has 2 aromatic rings. The molecule has 1 aromatic carbocycles. The monoisotopic (exact) mass is 265 g/mol. The van der Waals surface area contributed by atoms with Crippen molar-refractivity contribution >= 4 is 5.82 Å². The van der Waals surface area contributed by atoms with Gasteiger partial charge in [-0.25, -0.2) is 13.8 Å². The molecular formula is C14H17F2N3. The van der Waals surface area contributed by atoms with Crippen molar-refractivity contribution in [2.75, 3.05) is 5.73 Å². The van der Waals surface area contributed by atoms with Crippen LogP contribution in [0.5, 0.6) is 0 Å². The molecule has 0 atom stereocenters. The van der Waals surface area contributed by atoms with E-state index in [-0.39, 0.29) is 5.56 Å². The first-order valence-electron chi connectivity index (χ1n) is 6.18. The topological polar surface area (TPSA) is 43.8 Å². The maximum atomic E-state index is 13.8. The number of aryl methyl sites for hydroxylation is 1. The number of halogens is 2. The van der Waals surface area contributed by atoms with Crippen LogP contribution in [0.1, 0.15) is 19.7 Å². The lowest BCUT2D eigenvalue weighted by Crippen LogP contribution is -2.09. The van der Waals surface area contributed by atoms with Crippen molar-refractivity contribution in [3.05, 3.63) is 35.7 Å². The van der Waals surface area contributed by atoms with E-state index in [1.807, 2.05) is 4.57 Å². The van der Waals surface area contributed by atoms with Crippen molar-refractivity contribution < 1.29 is 8.78 Å². The molecule has 0 saturated carbocycles. The van der Waals surface area contributed by atoms with Crippen LogP contribution < -0.4 is 5.73 Å². The summed E-state index contributed by atoms with van der Waals surface area (Å²) in [6, 6.07) is 4.01. The van der Waals surface area contributed by atoms with Crippen LogP contribution in [0.4, 0.5) is 14.6 Å². The molecule has 5 heteroatoms. The normalized spacial score (nSPS) is 11.3. The SMILES string of the molecule is Cc1nc(-c2cccc(F)c2F)c(N)n1CC(C)C. The number of nitrogen functional groups attached to an aromatic ring is 1. The van der Waals surface area contributed by atoms with Crippen LogP contribution in [-0.4, -0.2) is 9.55 Å². The minimum absolute atomic E-state index is 0.100. The Kier molecular flexibility index (Phi) is 3.55. The zero-order valence-electron chi connectivity index (χ0n) is 11.2. The van der Waals surface area contributed by atoms with E-state index in [1.165, 1.54) is 12.1 Å². The molecule has 0 unspecified atom stereocenters. The molecule has 0 saturated heterocycles. The number of hydrogen-bond acceptors (Lipinski definition) is 2. The van der Waals surface area contributed by atoms with Crippen LogP contribution in [0.3, 0.4) is 0 Å². The van der Waals surface area contributed by atoms with Crippen molar-refractivity contribution in [3.8, 4) is 11.3 Å². The second-order valence-electron chi connectivity index (χ2n) is 5.00. The molecule has 0 radical (unpaired) electrons. The van der Waals surface area contributed by atoms with Gasteiger partial charge in [0.15, 0.2) is 11.6 Å². The number of imidazole rings is 1. The minimum Gasteiger partial charge on any atom is -0.383 e. The molecule has 0 fully saturated rings. The van der Waals surface area contributed by atoms with Gasteiger partial charge in [-0.3, -0.25) is 0 Å². The number of aromatic nitrogens is 2. The summed E-state index contributed by atoms with van der Waals surface area (Å²) in [7, 11) is 0. The van der Waals surface area contributed by atoms with Crippen LogP contribution in [0, 0.1) is 24.5 Å². The molecule has 0 aliphatic carbocycles. The molecule has 1 aromatic heterocycles. The molecule has 19 heavy (non-hydrogen) atoms. The smallest absolute Gasteiger partial charge is 0.168 e. The predicted octanol–water partition coefficient (Wildman–Crippen LogP) is 3.37. The molecule has 2 rings (SSSR count). The highest BCUT2D eigenvalue weighted by Gasteiger charge is 2.18. The number of anilines is 1. The van der Waals surface area contributed by atoms with Crippen LogP contribution in [0.15, 0.2) is 18.2 Å². The zero-order chi connectivity index (χ0) is 14.2. The van der Waals surface area contributed by atoms with E-state index in [1.54, 1.807) is 6.92 Å². The first kappa shape index (κ1) is 13.5. The summed E-state index contributed by atoms with van der Waals surface area (Å²) in [5.41, 5.74) is 6.42. The lowest BCUT2D eigenvalue weighted by molar-refractivity contribution is 0.511. The molecule has 2 N–H and O–H groups in total. The Morgan fingerprint density at radius 1 is 1.32 bits per heavy atom. The summed E-state index contributed by atoms with van der Waals surface area (Å²) in [6.45, 7) is 6.61. The highest BCUT2D eigenvalue weighted by atomic mass is 19.2. The van der Waals surface area contributed by atoms with Gasteiger partial charge in [0.05, 0.1) is 0 Å². The van der Waals surface area contributed by atoms with Crippen molar-refractivity contribution in [3.63, 3.8) is 0 Å². The lowest BCUT2D eigenvalue weighted by atomic mass is 10.1. The standard InChI is InChI=1S/C14H17F2N3/c1-8(2)7-19-9(3)18-13(14(19)17)10-5-4-6-11(15)12(10)16/h4-6,8H,7,17H2,1-3H3. The summed E-state index contributed by atoms with van der Waals surface area (Å²) in [6.07, 6.45) is 0. The Balaban J connectivity index is 2.55. The maximum absolute atomic E-state index is 13.8. The van der Waals surface area contributed by atoms with Gasteiger partial charge in [0, 0.05) is 12.1 Å². The maximum Gasteiger partial charge on any atom is 0.168 e. The van der Waals surface area contributed by atoms with E-state index in [0.717, 1.165) is 6.07 Å². The summed E-state index contributed by atoms with van der Waals surface area (Å²) in [4.78, 5) is 4.27. The fourth-order valence-electron chi connectivity index (χ4n) is 2.06. The third-order valence-corrected chi connectivity index (χ3v) is 2.95. The van der Waals surface area contributed by atoms with Gasteiger partial charge in [-0.2, -0.15) is 0 Å². The van der Waals surface area contributed by atoms with Gasteiger partial charge in [-0.15, -0.1) is 0 Å². The second-order valence-corrected chi connectivity index (χ2v) is 5.00.